The highest BCUT2D eigenvalue weighted by atomic mass is 16.6. The van der Waals surface area contributed by atoms with E-state index in [0.717, 1.165) is 19.5 Å². The predicted octanol–water partition coefficient (Wildman–Crippen LogP) is -0.730. The lowest BCUT2D eigenvalue weighted by Gasteiger charge is -2.08. The monoisotopic (exact) mass is 394 g/mol. The predicted molar refractivity (Wildman–Crippen MR) is 97.9 cm³/mol. The molecule has 0 aromatic heterocycles. The summed E-state index contributed by atoms with van der Waals surface area (Å²) in [5, 5.41) is 14.7. The van der Waals surface area contributed by atoms with Gasteiger partial charge in [0.2, 0.25) is 0 Å². The Bertz CT molecular complexity index is 334. The summed E-state index contributed by atoms with van der Waals surface area (Å²) in [6.07, 6.45) is 1.04. The van der Waals surface area contributed by atoms with Gasteiger partial charge >= 0.3 is 5.97 Å². The maximum Gasteiger partial charge on any atom is 0.304 e. The van der Waals surface area contributed by atoms with E-state index >= 15 is 0 Å². The molecule has 0 rings (SSSR count). The third kappa shape index (κ3) is 24.7. The van der Waals surface area contributed by atoms with Crippen molar-refractivity contribution in [2.24, 2.45) is 0 Å². The van der Waals surface area contributed by atoms with Crippen molar-refractivity contribution in [2.75, 3.05) is 85.6 Å². The Kier molecular flexibility index (Phi) is 21.6. The number of carbonyl (C=O) groups excluding carboxylic acids is 1. The van der Waals surface area contributed by atoms with Crippen LogP contribution in [0.1, 0.15) is 12.8 Å². The minimum Gasteiger partial charge on any atom is -0.481 e. The van der Waals surface area contributed by atoms with Crippen molar-refractivity contribution < 1.29 is 38.4 Å². The number of nitrogens with one attached hydrogen (secondary N) is 2. The van der Waals surface area contributed by atoms with Gasteiger partial charge in [-0.15, -0.1) is 0 Å². The normalized spacial score (nSPS) is 10.8. The fourth-order valence-corrected chi connectivity index (χ4v) is 1.83. The average molecular weight is 394 g/mol. The molecule has 0 spiro atoms. The van der Waals surface area contributed by atoms with E-state index in [1.165, 1.54) is 0 Å². The molecule has 0 saturated carbocycles. The van der Waals surface area contributed by atoms with E-state index in [1.807, 2.05) is 0 Å². The Morgan fingerprint density at radius 1 is 0.704 bits per heavy atom. The largest absolute Gasteiger partial charge is 0.481 e. The number of ether oxygens (including phenoxy) is 5. The van der Waals surface area contributed by atoms with Gasteiger partial charge in [-0.25, -0.2) is 0 Å². The maximum absolute atomic E-state index is 10.3. The fraction of sp³-hybridized carbons (Fsp3) is 0.882. The zero-order valence-corrected chi connectivity index (χ0v) is 16.0. The Hall–Kier alpha value is -1.30. The molecular weight excluding hydrogens is 360 g/mol. The lowest BCUT2D eigenvalue weighted by molar-refractivity contribution is -0.137. The van der Waals surface area contributed by atoms with Crippen LogP contribution in [0, 0.1) is 0 Å². The molecule has 10 nitrogen and oxygen atoms in total. The molecule has 160 valence electrons. The van der Waals surface area contributed by atoms with Gasteiger partial charge in [0.15, 0.2) is 0 Å². The smallest absolute Gasteiger partial charge is 0.304 e. The molecule has 0 aromatic rings. The minimum absolute atomic E-state index is 0.131. The first-order chi connectivity index (χ1) is 13.3. The molecule has 0 fully saturated rings. The lowest BCUT2D eigenvalue weighted by Crippen LogP contribution is -2.24. The highest BCUT2D eigenvalue weighted by molar-refractivity contribution is 5.66. The van der Waals surface area contributed by atoms with Crippen molar-refractivity contribution in [3.63, 3.8) is 0 Å². The van der Waals surface area contributed by atoms with Crippen LogP contribution < -0.4 is 10.6 Å². The molecule has 10 heteroatoms. The van der Waals surface area contributed by atoms with Gasteiger partial charge in [-0.2, -0.15) is 0 Å². The minimum atomic E-state index is -0.796. The zero-order valence-electron chi connectivity index (χ0n) is 16.0. The number of carboxylic acid groups (broad SMARTS) is 1. The van der Waals surface area contributed by atoms with Crippen LogP contribution in [-0.2, 0) is 33.3 Å². The average Bonchev–Trinajstić information content (AvgIpc) is 2.65. The summed E-state index contributed by atoms with van der Waals surface area (Å²) in [6.45, 7) is 7.67. The molecule has 0 aliphatic carbocycles. The van der Waals surface area contributed by atoms with E-state index in [0.29, 0.717) is 72.4 Å². The van der Waals surface area contributed by atoms with E-state index in [1.54, 1.807) is 0 Å². The van der Waals surface area contributed by atoms with Crippen molar-refractivity contribution in [1.82, 2.24) is 10.6 Å². The lowest BCUT2D eigenvalue weighted by atomic mass is 10.4. The van der Waals surface area contributed by atoms with Crippen LogP contribution in [0.2, 0.25) is 0 Å². The SMILES string of the molecule is O=COCCOCCOCCOCCNCCCOCCNCCC(=O)O. The highest BCUT2D eigenvalue weighted by Gasteiger charge is 1.96. The van der Waals surface area contributed by atoms with Crippen molar-refractivity contribution in [2.45, 2.75) is 12.8 Å². The van der Waals surface area contributed by atoms with Gasteiger partial charge < -0.3 is 39.4 Å². The quantitative estimate of drug-likeness (QED) is 0.151. The first-order valence-corrected chi connectivity index (χ1v) is 9.26. The molecule has 0 aliphatic rings. The van der Waals surface area contributed by atoms with E-state index in [2.05, 4.69) is 15.4 Å². The first-order valence-electron chi connectivity index (χ1n) is 9.26. The van der Waals surface area contributed by atoms with Crippen LogP contribution in [0.15, 0.2) is 0 Å². The number of carboxylic acids is 1. The Balaban J connectivity index is 2.99. The molecular formula is C17H34N2O8. The number of hydrogen-bond donors (Lipinski definition) is 3. The zero-order chi connectivity index (χ0) is 19.8. The molecule has 0 saturated heterocycles. The molecule has 0 atom stereocenters. The van der Waals surface area contributed by atoms with Gasteiger partial charge in [0, 0.05) is 26.2 Å². The molecule has 0 heterocycles. The Morgan fingerprint density at radius 3 is 1.81 bits per heavy atom. The second-order valence-corrected chi connectivity index (χ2v) is 5.41. The fourth-order valence-electron chi connectivity index (χ4n) is 1.83. The number of aliphatic carboxylic acids is 1. The summed E-state index contributed by atoms with van der Waals surface area (Å²) in [5.41, 5.74) is 0. The van der Waals surface area contributed by atoms with Crippen LogP contribution in [0.5, 0.6) is 0 Å². The first kappa shape index (κ1) is 25.7. The van der Waals surface area contributed by atoms with Crippen molar-refractivity contribution in [3.8, 4) is 0 Å². The molecule has 3 N–H and O–H groups in total. The molecule has 0 radical (unpaired) electrons. The van der Waals surface area contributed by atoms with Crippen LogP contribution in [0.3, 0.4) is 0 Å². The molecule has 0 unspecified atom stereocenters. The second-order valence-electron chi connectivity index (χ2n) is 5.41. The topological polar surface area (TPSA) is 125 Å². The highest BCUT2D eigenvalue weighted by Crippen LogP contribution is 1.83. The van der Waals surface area contributed by atoms with E-state index in [4.69, 9.17) is 24.1 Å². The van der Waals surface area contributed by atoms with Gasteiger partial charge in [0.25, 0.3) is 6.47 Å². The molecule has 0 aliphatic heterocycles. The summed E-state index contributed by atoms with van der Waals surface area (Å²) in [6, 6.07) is 0. The van der Waals surface area contributed by atoms with Gasteiger partial charge in [-0.1, -0.05) is 0 Å². The second kappa shape index (κ2) is 22.7. The number of carbonyl (C=O) groups is 2. The van der Waals surface area contributed by atoms with Crippen LogP contribution in [-0.4, -0.2) is 103 Å². The van der Waals surface area contributed by atoms with Crippen molar-refractivity contribution in [1.29, 1.82) is 0 Å². The number of rotatable bonds is 23. The molecule has 0 amide bonds. The number of hydrogen-bond acceptors (Lipinski definition) is 9. The van der Waals surface area contributed by atoms with Crippen LogP contribution >= 0.6 is 0 Å². The van der Waals surface area contributed by atoms with Crippen LogP contribution in [0.25, 0.3) is 0 Å². The van der Waals surface area contributed by atoms with Gasteiger partial charge in [-0.3, -0.25) is 9.59 Å². The summed E-state index contributed by atoms with van der Waals surface area (Å²) in [7, 11) is 0. The molecule has 27 heavy (non-hydrogen) atoms. The maximum atomic E-state index is 10.3. The van der Waals surface area contributed by atoms with E-state index < -0.39 is 5.97 Å². The van der Waals surface area contributed by atoms with Gasteiger partial charge in [0.1, 0.15) is 6.61 Å². The third-order valence-electron chi connectivity index (χ3n) is 3.16. The summed E-state index contributed by atoms with van der Waals surface area (Å²) in [5.74, 6) is -0.796. The van der Waals surface area contributed by atoms with E-state index in [-0.39, 0.29) is 13.0 Å². The molecule has 0 aromatic carbocycles. The summed E-state index contributed by atoms with van der Waals surface area (Å²) < 4.78 is 25.8. The standard InChI is InChI=1S/C17H34N2O8/c20-16-27-15-14-26-13-12-25-11-10-24-9-5-18-3-1-7-23-8-6-19-4-2-17(21)22/h16,18-19H,1-15H2,(H,21,22). The summed E-state index contributed by atoms with van der Waals surface area (Å²) in [4.78, 5) is 20.2. The Morgan fingerprint density at radius 2 is 1.22 bits per heavy atom. The molecule has 0 bridgehead atoms. The van der Waals surface area contributed by atoms with Crippen molar-refractivity contribution in [3.05, 3.63) is 0 Å². The summed E-state index contributed by atoms with van der Waals surface area (Å²) >= 11 is 0. The van der Waals surface area contributed by atoms with Crippen LogP contribution in [0.4, 0.5) is 0 Å². The third-order valence-corrected chi connectivity index (χ3v) is 3.16. The van der Waals surface area contributed by atoms with Gasteiger partial charge in [-0.05, 0) is 13.0 Å². The Labute approximate surface area is 160 Å². The van der Waals surface area contributed by atoms with Crippen molar-refractivity contribution >= 4 is 12.4 Å². The van der Waals surface area contributed by atoms with Gasteiger partial charge in [0.05, 0.1) is 52.7 Å². The van der Waals surface area contributed by atoms with E-state index in [9.17, 15) is 9.59 Å².